The quantitative estimate of drug-likeness (QED) is 0.703. The largest absolute Gasteiger partial charge is 0.508 e. The normalized spacial score (nSPS) is 10.7. The van der Waals surface area contributed by atoms with Crippen LogP contribution in [0.5, 0.6) is 5.75 Å². The van der Waals surface area contributed by atoms with Gasteiger partial charge in [0.1, 0.15) is 5.75 Å². The summed E-state index contributed by atoms with van der Waals surface area (Å²) in [5.74, 6) is 0.388. The van der Waals surface area contributed by atoms with Crippen LogP contribution in [0.3, 0.4) is 0 Å². The van der Waals surface area contributed by atoms with E-state index in [1.807, 2.05) is 6.07 Å². The number of benzene rings is 3. The monoisotopic (exact) mass is 302 g/mol. The van der Waals surface area contributed by atoms with Crippen LogP contribution >= 0.6 is 0 Å². The molecular formula is C22H22O. The molecule has 3 aromatic carbocycles. The summed E-state index contributed by atoms with van der Waals surface area (Å²) in [5, 5.41) is 10.4. The molecule has 0 spiro atoms. The number of rotatable bonds is 4. The maximum atomic E-state index is 10.4. The molecule has 0 aliphatic carbocycles. The molecule has 0 aliphatic heterocycles. The summed E-state index contributed by atoms with van der Waals surface area (Å²) in [7, 11) is 0. The zero-order valence-corrected chi connectivity index (χ0v) is 13.7. The molecule has 3 rings (SSSR count). The molecule has 0 saturated carbocycles. The van der Waals surface area contributed by atoms with Gasteiger partial charge in [0, 0.05) is 12.0 Å². The minimum Gasteiger partial charge on any atom is -0.508 e. The summed E-state index contributed by atoms with van der Waals surface area (Å²) < 4.78 is 0. The molecule has 0 amide bonds. The smallest absolute Gasteiger partial charge is 0.119 e. The lowest BCUT2D eigenvalue weighted by Crippen LogP contribution is -2.00. The lowest BCUT2D eigenvalue weighted by Gasteiger charge is -2.14. The third-order valence-corrected chi connectivity index (χ3v) is 4.52. The van der Waals surface area contributed by atoms with Crippen LogP contribution in [0.15, 0.2) is 66.7 Å². The Balaban J connectivity index is 1.97. The fourth-order valence-electron chi connectivity index (χ4n) is 3.00. The third kappa shape index (κ3) is 3.45. The predicted octanol–water partition coefficient (Wildman–Crippen LogP) is 5.19. The van der Waals surface area contributed by atoms with Crippen molar-refractivity contribution in [2.24, 2.45) is 0 Å². The Hall–Kier alpha value is -2.54. The highest BCUT2D eigenvalue weighted by molar-refractivity contribution is 5.46. The van der Waals surface area contributed by atoms with Crippen LogP contribution in [-0.4, -0.2) is 5.11 Å². The second kappa shape index (κ2) is 6.70. The van der Waals surface area contributed by atoms with Crippen molar-refractivity contribution in [3.63, 3.8) is 0 Å². The highest BCUT2D eigenvalue weighted by Gasteiger charge is 2.11. The van der Waals surface area contributed by atoms with Crippen molar-refractivity contribution in [2.75, 3.05) is 0 Å². The van der Waals surface area contributed by atoms with Gasteiger partial charge in [-0.1, -0.05) is 60.7 Å². The van der Waals surface area contributed by atoms with Gasteiger partial charge in [-0.3, -0.25) is 0 Å². The van der Waals surface area contributed by atoms with Gasteiger partial charge in [0.15, 0.2) is 0 Å². The molecule has 116 valence electrons. The van der Waals surface area contributed by atoms with Crippen LogP contribution in [0.25, 0.3) is 0 Å². The SMILES string of the molecule is Cc1ccccc1Cc1cccc(O)c1Cc1ccccc1C. The first-order valence-corrected chi connectivity index (χ1v) is 8.04. The lowest BCUT2D eigenvalue weighted by molar-refractivity contribution is 0.468. The first-order valence-electron chi connectivity index (χ1n) is 8.04. The van der Waals surface area contributed by atoms with E-state index in [1.165, 1.54) is 27.8 Å². The van der Waals surface area contributed by atoms with Crippen LogP contribution < -0.4 is 0 Å². The summed E-state index contributed by atoms with van der Waals surface area (Å²) in [6, 6.07) is 22.7. The molecule has 0 heterocycles. The Morgan fingerprint density at radius 3 is 1.74 bits per heavy atom. The molecule has 3 aromatic rings. The molecule has 1 heteroatoms. The van der Waals surface area contributed by atoms with Crippen molar-refractivity contribution in [3.8, 4) is 5.75 Å². The molecule has 23 heavy (non-hydrogen) atoms. The maximum absolute atomic E-state index is 10.4. The van der Waals surface area contributed by atoms with Gasteiger partial charge >= 0.3 is 0 Å². The number of hydrogen-bond acceptors (Lipinski definition) is 1. The van der Waals surface area contributed by atoms with E-state index in [2.05, 4.69) is 68.4 Å². The molecule has 0 unspecified atom stereocenters. The standard InChI is InChI=1S/C22H22O/c1-16-8-3-5-10-18(16)14-20-12-7-13-22(23)21(20)15-19-11-6-4-9-17(19)2/h3-13,23H,14-15H2,1-2H3. The highest BCUT2D eigenvalue weighted by atomic mass is 16.3. The molecule has 0 aliphatic rings. The van der Waals surface area contributed by atoms with Gasteiger partial charge in [-0.25, -0.2) is 0 Å². The van der Waals surface area contributed by atoms with Crippen LogP contribution in [0.2, 0.25) is 0 Å². The van der Waals surface area contributed by atoms with Crippen molar-refractivity contribution in [3.05, 3.63) is 100 Å². The molecule has 0 radical (unpaired) electrons. The van der Waals surface area contributed by atoms with Crippen LogP contribution in [0.4, 0.5) is 0 Å². The van der Waals surface area contributed by atoms with Crippen LogP contribution in [0, 0.1) is 13.8 Å². The first kappa shape index (κ1) is 15.4. The number of phenolic OH excluding ortho intramolecular Hbond substituents is 1. The van der Waals surface area contributed by atoms with Gasteiger partial charge in [-0.15, -0.1) is 0 Å². The Bertz CT molecular complexity index is 818. The van der Waals surface area contributed by atoms with Crippen molar-refractivity contribution in [1.82, 2.24) is 0 Å². The highest BCUT2D eigenvalue weighted by Crippen LogP contribution is 2.27. The fourth-order valence-corrected chi connectivity index (χ4v) is 3.00. The van der Waals surface area contributed by atoms with Gasteiger partial charge in [-0.05, 0) is 54.2 Å². The van der Waals surface area contributed by atoms with Crippen LogP contribution in [-0.2, 0) is 12.8 Å². The zero-order chi connectivity index (χ0) is 16.2. The predicted molar refractivity (Wildman–Crippen MR) is 96.1 cm³/mol. The minimum atomic E-state index is 0.388. The Morgan fingerprint density at radius 1 is 0.609 bits per heavy atom. The number of aryl methyl sites for hydroxylation is 2. The second-order valence-electron chi connectivity index (χ2n) is 6.12. The molecule has 0 fully saturated rings. The average molecular weight is 302 g/mol. The van der Waals surface area contributed by atoms with Crippen molar-refractivity contribution < 1.29 is 5.11 Å². The first-order chi connectivity index (χ1) is 11.1. The summed E-state index contributed by atoms with van der Waals surface area (Å²) in [6.07, 6.45) is 1.61. The van der Waals surface area contributed by atoms with Crippen molar-refractivity contribution in [1.29, 1.82) is 0 Å². The molecule has 1 nitrogen and oxygen atoms in total. The van der Waals surface area contributed by atoms with E-state index < -0.39 is 0 Å². The third-order valence-electron chi connectivity index (χ3n) is 4.52. The van der Waals surface area contributed by atoms with E-state index in [0.717, 1.165) is 18.4 Å². The van der Waals surface area contributed by atoms with E-state index in [9.17, 15) is 5.11 Å². The molecule has 0 aromatic heterocycles. The molecule has 0 atom stereocenters. The number of aromatic hydroxyl groups is 1. The Kier molecular flexibility index (Phi) is 4.47. The number of hydrogen-bond donors (Lipinski definition) is 1. The van der Waals surface area contributed by atoms with E-state index >= 15 is 0 Å². The van der Waals surface area contributed by atoms with Gasteiger partial charge in [0.2, 0.25) is 0 Å². The summed E-state index contributed by atoms with van der Waals surface area (Å²) in [4.78, 5) is 0. The molecule has 0 bridgehead atoms. The summed E-state index contributed by atoms with van der Waals surface area (Å²) >= 11 is 0. The molecule has 1 N–H and O–H groups in total. The van der Waals surface area contributed by atoms with Crippen molar-refractivity contribution >= 4 is 0 Å². The molecular weight excluding hydrogens is 280 g/mol. The van der Waals surface area contributed by atoms with E-state index in [0.29, 0.717) is 5.75 Å². The zero-order valence-electron chi connectivity index (χ0n) is 13.7. The van der Waals surface area contributed by atoms with E-state index in [4.69, 9.17) is 0 Å². The van der Waals surface area contributed by atoms with Gasteiger partial charge in [-0.2, -0.15) is 0 Å². The van der Waals surface area contributed by atoms with E-state index in [1.54, 1.807) is 6.07 Å². The lowest BCUT2D eigenvalue weighted by atomic mass is 9.92. The fraction of sp³-hybridized carbons (Fsp3) is 0.182. The summed E-state index contributed by atoms with van der Waals surface area (Å²) in [5.41, 5.74) is 7.35. The Labute approximate surface area is 138 Å². The maximum Gasteiger partial charge on any atom is 0.119 e. The van der Waals surface area contributed by atoms with Crippen molar-refractivity contribution in [2.45, 2.75) is 26.7 Å². The summed E-state index contributed by atoms with van der Waals surface area (Å²) in [6.45, 7) is 4.26. The van der Waals surface area contributed by atoms with E-state index in [-0.39, 0.29) is 0 Å². The minimum absolute atomic E-state index is 0.388. The van der Waals surface area contributed by atoms with Gasteiger partial charge < -0.3 is 5.11 Å². The Morgan fingerprint density at radius 2 is 1.13 bits per heavy atom. The number of phenols is 1. The second-order valence-corrected chi connectivity index (χ2v) is 6.12. The average Bonchev–Trinajstić information content (AvgIpc) is 2.54. The topological polar surface area (TPSA) is 20.2 Å². The molecule has 0 saturated heterocycles. The van der Waals surface area contributed by atoms with Gasteiger partial charge in [0.25, 0.3) is 0 Å². The van der Waals surface area contributed by atoms with Gasteiger partial charge in [0.05, 0.1) is 0 Å². The van der Waals surface area contributed by atoms with Crippen LogP contribution in [0.1, 0.15) is 33.4 Å².